The van der Waals surface area contributed by atoms with Gasteiger partial charge >= 0.3 is 0 Å². The number of benzene rings is 2. The average molecular weight is 396 g/mol. The molecule has 4 rings (SSSR count). The summed E-state index contributed by atoms with van der Waals surface area (Å²) in [6.45, 7) is 0.200. The first-order chi connectivity index (χ1) is 13.6. The smallest absolute Gasteiger partial charge is 0.247 e. The van der Waals surface area contributed by atoms with Gasteiger partial charge in [-0.25, -0.2) is 4.90 Å². The van der Waals surface area contributed by atoms with Gasteiger partial charge in [0.05, 0.1) is 11.9 Å². The molecule has 2 amide bonds. The lowest BCUT2D eigenvalue weighted by molar-refractivity contribution is -0.121. The highest BCUT2D eigenvalue weighted by molar-refractivity contribution is 8.14. The summed E-state index contributed by atoms with van der Waals surface area (Å²) in [6.07, 6.45) is 1.59. The summed E-state index contributed by atoms with van der Waals surface area (Å²) in [5, 5.41) is 7.34. The number of carbonyl (C=O) groups excluding carboxylic acids is 2. The van der Waals surface area contributed by atoms with Crippen molar-refractivity contribution >= 4 is 40.6 Å². The van der Waals surface area contributed by atoms with E-state index in [-0.39, 0.29) is 30.2 Å². The average Bonchev–Trinajstić information content (AvgIpc) is 3.26. The molecule has 0 saturated carbocycles. The van der Waals surface area contributed by atoms with Crippen molar-refractivity contribution in [3.05, 3.63) is 54.1 Å². The fourth-order valence-corrected chi connectivity index (χ4v) is 3.68. The molecule has 0 bridgehead atoms. The molecule has 1 saturated heterocycles. The molecule has 2 aromatic rings. The summed E-state index contributed by atoms with van der Waals surface area (Å²) >= 11 is 1.03. The van der Waals surface area contributed by atoms with Crippen LogP contribution in [0.2, 0.25) is 0 Å². The molecule has 0 unspecified atom stereocenters. The Balaban J connectivity index is 1.40. The van der Waals surface area contributed by atoms with Crippen molar-refractivity contribution in [2.75, 3.05) is 11.7 Å². The molecular weight excluding hydrogens is 380 g/mol. The number of hydrogen-bond acceptors (Lipinski definition) is 7. The molecule has 0 radical (unpaired) electrons. The van der Waals surface area contributed by atoms with Crippen LogP contribution in [0.15, 0.2) is 58.7 Å². The zero-order chi connectivity index (χ0) is 19.5. The van der Waals surface area contributed by atoms with Crippen molar-refractivity contribution in [2.24, 2.45) is 15.9 Å². The maximum atomic E-state index is 12.6. The van der Waals surface area contributed by atoms with Crippen molar-refractivity contribution < 1.29 is 19.1 Å². The molecule has 28 heavy (non-hydrogen) atoms. The number of rotatable bonds is 4. The minimum Gasteiger partial charge on any atom is -0.454 e. The number of amides is 2. The van der Waals surface area contributed by atoms with Crippen LogP contribution in [0.25, 0.3) is 0 Å². The van der Waals surface area contributed by atoms with Gasteiger partial charge in [-0.15, -0.1) is 5.10 Å². The van der Waals surface area contributed by atoms with Crippen molar-refractivity contribution in [1.82, 2.24) is 0 Å². The molecule has 2 aliphatic heterocycles. The van der Waals surface area contributed by atoms with E-state index in [1.165, 1.54) is 11.1 Å². The third-order valence-corrected chi connectivity index (χ3v) is 5.12. The van der Waals surface area contributed by atoms with E-state index in [1.54, 1.807) is 36.4 Å². The predicted molar refractivity (Wildman–Crippen MR) is 107 cm³/mol. The maximum Gasteiger partial charge on any atom is 0.247 e. The SMILES string of the molecule is N/C(=N/N=Cc1ccc2c(c1)OCO2)S[C@H]1CC(=O)N(c2ccccc2)C1=O. The standard InChI is InChI=1S/C19H16N4O4S/c20-19(22-21-10-12-6-7-14-15(8-12)27-11-26-14)28-16-9-17(24)23(18(16)25)13-4-2-1-3-5-13/h1-8,10,16H,9,11H2,(H2,20,22)/t16-/m0/s1. The Morgan fingerprint density at radius 2 is 1.93 bits per heavy atom. The summed E-state index contributed by atoms with van der Waals surface area (Å²) in [4.78, 5) is 26.0. The third-order valence-electron chi connectivity index (χ3n) is 4.14. The lowest BCUT2D eigenvalue weighted by Gasteiger charge is -2.14. The first-order valence-electron chi connectivity index (χ1n) is 8.46. The van der Waals surface area contributed by atoms with Gasteiger partial charge in [0.2, 0.25) is 18.6 Å². The fourth-order valence-electron chi connectivity index (χ4n) is 2.86. The van der Waals surface area contributed by atoms with Crippen LogP contribution in [0.4, 0.5) is 5.69 Å². The molecule has 2 aromatic carbocycles. The quantitative estimate of drug-likeness (QED) is 0.367. The number of anilines is 1. The molecule has 9 heteroatoms. The summed E-state index contributed by atoms with van der Waals surface area (Å²) < 4.78 is 10.5. The van der Waals surface area contributed by atoms with Crippen LogP contribution in [-0.4, -0.2) is 35.2 Å². The van der Waals surface area contributed by atoms with Crippen LogP contribution in [-0.2, 0) is 9.59 Å². The molecule has 8 nitrogen and oxygen atoms in total. The molecule has 142 valence electrons. The van der Waals surface area contributed by atoms with Gasteiger partial charge in [-0.2, -0.15) is 5.10 Å². The number of imide groups is 1. The van der Waals surface area contributed by atoms with Gasteiger partial charge in [0.25, 0.3) is 0 Å². The number of hydrogen-bond donors (Lipinski definition) is 1. The predicted octanol–water partition coefficient (Wildman–Crippen LogP) is 2.13. The monoisotopic (exact) mass is 396 g/mol. The topological polar surface area (TPSA) is 107 Å². The minimum atomic E-state index is -0.614. The van der Waals surface area contributed by atoms with Crippen LogP contribution in [0, 0.1) is 0 Å². The number of amidine groups is 1. The number of ether oxygens (including phenoxy) is 2. The largest absolute Gasteiger partial charge is 0.454 e. The van der Waals surface area contributed by atoms with E-state index in [0.717, 1.165) is 17.3 Å². The molecule has 2 aliphatic rings. The normalized spacial score (nSPS) is 19.1. The van der Waals surface area contributed by atoms with Gasteiger partial charge in [-0.05, 0) is 35.9 Å². The number of nitrogens with zero attached hydrogens (tertiary/aromatic N) is 3. The Hall–Kier alpha value is -3.33. The van der Waals surface area contributed by atoms with Gasteiger partial charge < -0.3 is 15.2 Å². The second kappa shape index (κ2) is 7.73. The summed E-state index contributed by atoms with van der Waals surface area (Å²) in [7, 11) is 0. The Morgan fingerprint density at radius 1 is 1.14 bits per heavy atom. The van der Waals surface area contributed by atoms with E-state index in [4.69, 9.17) is 15.2 Å². The van der Waals surface area contributed by atoms with Crippen molar-refractivity contribution in [3.8, 4) is 11.5 Å². The first kappa shape index (κ1) is 18.1. The van der Waals surface area contributed by atoms with Gasteiger partial charge in [-0.1, -0.05) is 30.0 Å². The van der Waals surface area contributed by atoms with Gasteiger partial charge in [-0.3, -0.25) is 9.59 Å². The lowest BCUT2D eigenvalue weighted by atomic mass is 10.2. The zero-order valence-electron chi connectivity index (χ0n) is 14.6. The van der Waals surface area contributed by atoms with Gasteiger partial charge in [0.1, 0.15) is 5.25 Å². The molecular formula is C19H16N4O4S. The highest BCUT2D eigenvalue weighted by Gasteiger charge is 2.40. The van der Waals surface area contributed by atoms with E-state index in [0.29, 0.717) is 17.2 Å². The van der Waals surface area contributed by atoms with Crippen molar-refractivity contribution in [2.45, 2.75) is 11.7 Å². The second-order valence-corrected chi connectivity index (χ2v) is 7.23. The van der Waals surface area contributed by atoms with E-state index >= 15 is 0 Å². The van der Waals surface area contributed by atoms with E-state index in [2.05, 4.69) is 10.2 Å². The van der Waals surface area contributed by atoms with Crippen LogP contribution < -0.4 is 20.1 Å². The van der Waals surface area contributed by atoms with Gasteiger partial charge in [0, 0.05) is 6.42 Å². The summed E-state index contributed by atoms with van der Waals surface area (Å²) in [5.41, 5.74) is 7.20. The van der Waals surface area contributed by atoms with Crippen LogP contribution >= 0.6 is 11.8 Å². The molecule has 0 aromatic heterocycles. The second-order valence-electron chi connectivity index (χ2n) is 6.01. The van der Waals surface area contributed by atoms with Crippen LogP contribution in [0.5, 0.6) is 11.5 Å². The maximum absolute atomic E-state index is 12.6. The third kappa shape index (κ3) is 3.70. The Kier molecular flexibility index (Phi) is 4.98. The Morgan fingerprint density at radius 3 is 2.75 bits per heavy atom. The first-order valence-corrected chi connectivity index (χ1v) is 9.34. The fraction of sp³-hybridized carbons (Fsp3) is 0.158. The molecule has 1 fully saturated rings. The van der Waals surface area contributed by atoms with Crippen molar-refractivity contribution in [1.29, 1.82) is 0 Å². The zero-order valence-corrected chi connectivity index (χ0v) is 15.5. The lowest BCUT2D eigenvalue weighted by Crippen LogP contribution is -2.31. The highest BCUT2D eigenvalue weighted by atomic mass is 32.2. The molecule has 0 spiro atoms. The molecule has 2 N–H and O–H groups in total. The summed E-state index contributed by atoms with van der Waals surface area (Å²) in [6, 6.07) is 14.2. The minimum absolute atomic E-state index is 0.0699. The Bertz CT molecular complexity index is 977. The van der Waals surface area contributed by atoms with Gasteiger partial charge in [0.15, 0.2) is 16.7 Å². The molecule has 2 heterocycles. The van der Waals surface area contributed by atoms with E-state index in [1.807, 2.05) is 12.1 Å². The number of carbonyl (C=O) groups is 2. The number of nitrogens with two attached hydrogens (primary N) is 1. The number of thioether (sulfide) groups is 1. The molecule has 0 aliphatic carbocycles. The van der Waals surface area contributed by atoms with E-state index in [9.17, 15) is 9.59 Å². The summed E-state index contributed by atoms with van der Waals surface area (Å²) in [5.74, 6) is 0.763. The number of fused-ring (bicyclic) bond motifs is 1. The van der Waals surface area contributed by atoms with Crippen LogP contribution in [0.1, 0.15) is 12.0 Å². The van der Waals surface area contributed by atoms with E-state index < -0.39 is 5.25 Å². The van der Waals surface area contributed by atoms with Crippen LogP contribution in [0.3, 0.4) is 0 Å². The van der Waals surface area contributed by atoms with Crippen molar-refractivity contribution in [3.63, 3.8) is 0 Å². The highest BCUT2D eigenvalue weighted by Crippen LogP contribution is 2.32. The molecule has 1 atom stereocenters. The Labute approximate surface area is 165 Å². The number of para-hydroxylation sites is 1.